The molecule has 3 rings (SSSR count). The van der Waals surface area contributed by atoms with Crippen LogP contribution in [0.5, 0.6) is 0 Å². The fourth-order valence-electron chi connectivity index (χ4n) is 2.61. The van der Waals surface area contributed by atoms with E-state index in [4.69, 9.17) is 0 Å². The minimum atomic E-state index is 0.481. The summed E-state index contributed by atoms with van der Waals surface area (Å²) in [6.07, 6.45) is 3.79. The van der Waals surface area contributed by atoms with Crippen LogP contribution in [0, 0.1) is 0 Å². The molecule has 0 aliphatic carbocycles. The van der Waals surface area contributed by atoms with Gasteiger partial charge in [0, 0.05) is 30.4 Å². The number of fused-ring (bicyclic) bond motifs is 1. The first kappa shape index (κ1) is 13.8. The van der Waals surface area contributed by atoms with Crippen molar-refractivity contribution in [1.82, 2.24) is 10.3 Å². The molecule has 0 aliphatic heterocycles. The highest BCUT2D eigenvalue weighted by Crippen LogP contribution is 2.30. The quantitative estimate of drug-likeness (QED) is 0.764. The Balaban J connectivity index is 2.10. The molecule has 1 N–H and O–H groups in total. The molecule has 3 aromatic rings. The van der Waals surface area contributed by atoms with Gasteiger partial charge in [0.05, 0.1) is 0 Å². The molecule has 0 radical (unpaired) electrons. The topological polar surface area (TPSA) is 24.9 Å². The van der Waals surface area contributed by atoms with E-state index >= 15 is 0 Å². The number of aromatic nitrogens is 1. The van der Waals surface area contributed by atoms with Gasteiger partial charge >= 0.3 is 0 Å². The maximum absolute atomic E-state index is 4.22. The van der Waals surface area contributed by atoms with E-state index in [1.165, 1.54) is 27.5 Å². The van der Waals surface area contributed by atoms with Crippen LogP contribution in [0.25, 0.3) is 21.9 Å². The largest absolute Gasteiger partial charge is 0.310 e. The zero-order valence-corrected chi connectivity index (χ0v) is 12.5. The second-order valence-electron chi connectivity index (χ2n) is 5.60. The molecule has 0 fully saturated rings. The Hall–Kier alpha value is -2.19. The molecular weight excluding hydrogens is 256 g/mol. The lowest BCUT2D eigenvalue weighted by Crippen LogP contribution is -2.22. The van der Waals surface area contributed by atoms with Crippen LogP contribution < -0.4 is 5.32 Å². The Bertz CT molecular complexity index is 742. The van der Waals surface area contributed by atoms with Gasteiger partial charge in [-0.2, -0.15) is 0 Å². The summed E-state index contributed by atoms with van der Waals surface area (Å²) in [6, 6.07) is 17.6. The standard InChI is InChI=1S/C19H20N2/c1-14(2)21-13-16-6-3-4-8-17(16)19-9-5-7-15-12-20-11-10-18(15)19/h3-12,14,21H,13H2,1-2H3. The average molecular weight is 276 g/mol. The maximum atomic E-state index is 4.22. The maximum Gasteiger partial charge on any atom is 0.0346 e. The minimum absolute atomic E-state index is 0.481. The summed E-state index contributed by atoms with van der Waals surface area (Å²) >= 11 is 0. The molecule has 0 saturated heterocycles. The van der Waals surface area contributed by atoms with Gasteiger partial charge in [0.2, 0.25) is 0 Å². The van der Waals surface area contributed by atoms with Crippen LogP contribution in [0.15, 0.2) is 60.9 Å². The Morgan fingerprint density at radius 1 is 0.952 bits per heavy atom. The van der Waals surface area contributed by atoms with Crippen molar-refractivity contribution in [1.29, 1.82) is 0 Å². The molecule has 2 nitrogen and oxygen atoms in total. The van der Waals surface area contributed by atoms with Crippen molar-refractivity contribution in [2.45, 2.75) is 26.4 Å². The van der Waals surface area contributed by atoms with Crippen molar-refractivity contribution in [2.75, 3.05) is 0 Å². The van der Waals surface area contributed by atoms with Gasteiger partial charge in [-0.1, -0.05) is 56.3 Å². The second-order valence-corrected chi connectivity index (χ2v) is 5.60. The van der Waals surface area contributed by atoms with Gasteiger partial charge in [0.1, 0.15) is 0 Å². The minimum Gasteiger partial charge on any atom is -0.310 e. The molecule has 21 heavy (non-hydrogen) atoms. The third kappa shape index (κ3) is 2.96. The summed E-state index contributed by atoms with van der Waals surface area (Å²) in [7, 11) is 0. The molecule has 2 heteroatoms. The fraction of sp³-hybridized carbons (Fsp3) is 0.211. The summed E-state index contributed by atoms with van der Waals surface area (Å²) in [5.41, 5.74) is 3.90. The lowest BCUT2D eigenvalue weighted by Gasteiger charge is -2.14. The molecule has 0 amide bonds. The lowest BCUT2D eigenvalue weighted by molar-refractivity contribution is 0.589. The van der Waals surface area contributed by atoms with E-state index in [-0.39, 0.29) is 0 Å². The van der Waals surface area contributed by atoms with Gasteiger partial charge in [-0.3, -0.25) is 4.98 Å². The molecule has 0 atom stereocenters. The summed E-state index contributed by atoms with van der Waals surface area (Å²) in [5, 5.41) is 5.94. The lowest BCUT2D eigenvalue weighted by atomic mass is 9.95. The molecule has 1 heterocycles. The van der Waals surface area contributed by atoms with E-state index in [0.29, 0.717) is 6.04 Å². The van der Waals surface area contributed by atoms with E-state index in [9.17, 15) is 0 Å². The van der Waals surface area contributed by atoms with Crippen LogP contribution in [0.1, 0.15) is 19.4 Å². The molecule has 0 bridgehead atoms. The van der Waals surface area contributed by atoms with Gasteiger partial charge in [0.25, 0.3) is 0 Å². The Labute approximate surface area is 125 Å². The third-order valence-corrected chi connectivity index (χ3v) is 3.69. The van der Waals surface area contributed by atoms with Crippen LogP contribution >= 0.6 is 0 Å². The van der Waals surface area contributed by atoms with Crippen molar-refractivity contribution in [3.8, 4) is 11.1 Å². The summed E-state index contributed by atoms with van der Waals surface area (Å²) in [5.74, 6) is 0. The van der Waals surface area contributed by atoms with E-state index in [2.05, 4.69) is 72.7 Å². The SMILES string of the molecule is CC(C)NCc1ccccc1-c1cccc2cnccc12. The molecule has 0 unspecified atom stereocenters. The molecule has 2 aromatic carbocycles. The molecule has 0 spiro atoms. The van der Waals surface area contributed by atoms with Crippen molar-refractivity contribution in [2.24, 2.45) is 0 Å². The van der Waals surface area contributed by atoms with Crippen molar-refractivity contribution >= 4 is 10.8 Å². The molecule has 106 valence electrons. The Morgan fingerprint density at radius 2 is 1.76 bits per heavy atom. The first-order chi connectivity index (χ1) is 10.3. The van der Waals surface area contributed by atoms with E-state index < -0.39 is 0 Å². The third-order valence-electron chi connectivity index (χ3n) is 3.69. The zero-order chi connectivity index (χ0) is 14.7. The van der Waals surface area contributed by atoms with Crippen LogP contribution in [0.3, 0.4) is 0 Å². The number of hydrogen-bond acceptors (Lipinski definition) is 2. The first-order valence-corrected chi connectivity index (χ1v) is 7.40. The number of benzene rings is 2. The van der Waals surface area contributed by atoms with Crippen molar-refractivity contribution in [3.63, 3.8) is 0 Å². The second kappa shape index (κ2) is 6.06. The van der Waals surface area contributed by atoms with Crippen LogP contribution in [-0.4, -0.2) is 11.0 Å². The average Bonchev–Trinajstić information content (AvgIpc) is 2.53. The smallest absolute Gasteiger partial charge is 0.0346 e. The zero-order valence-electron chi connectivity index (χ0n) is 12.5. The van der Waals surface area contributed by atoms with Gasteiger partial charge in [-0.05, 0) is 28.1 Å². The monoisotopic (exact) mass is 276 g/mol. The number of pyridine rings is 1. The normalized spacial score (nSPS) is 11.2. The molecular formula is C19H20N2. The van der Waals surface area contributed by atoms with Crippen LogP contribution in [-0.2, 0) is 6.54 Å². The van der Waals surface area contributed by atoms with Gasteiger partial charge < -0.3 is 5.32 Å². The number of nitrogens with one attached hydrogen (secondary N) is 1. The van der Waals surface area contributed by atoms with Gasteiger partial charge in [-0.25, -0.2) is 0 Å². The van der Waals surface area contributed by atoms with Crippen molar-refractivity contribution in [3.05, 3.63) is 66.5 Å². The highest BCUT2D eigenvalue weighted by atomic mass is 14.9. The van der Waals surface area contributed by atoms with E-state index in [1.807, 2.05) is 12.4 Å². The molecule has 0 aliphatic rings. The Morgan fingerprint density at radius 3 is 2.62 bits per heavy atom. The highest BCUT2D eigenvalue weighted by Gasteiger charge is 2.08. The predicted octanol–water partition coefficient (Wildman–Crippen LogP) is 4.40. The van der Waals surface area contributed by atoms with E-state index in [0.717, 1.165) is 6.54 Å². The number of nitrogens with zero attached hydrogens (tertiary/aromatic N) is 1. The molecule has 0 saturated carbocycles. The van der Waals surface area contributed by atoms with Crippen LogP contribution in [0.4, 0.5) is 0 Å². The predicted molar refractivity (Wildman–Crippen MR) is 89.2 cm³/mol. The fourth-order valence-corrected chi connectivity index (χ4v) is 2.61. The Kier molecular flexibility index (Phi) is 3.98. The first-order valence-electron chi connectivity index (χ1n) is 7.40. The van der Waals surface area contributed by atoms with Crippen LogP contribution in [0.2, 0.25) is 0 Å². The number of rotatable bonds is 4. The summed E-state index contributed by atoms with van der Waals surface area (Å²) in [6.45, 7) is 5.23. The van der Waals surface area contributed by atoms with Gasteiger partial charge in [-0.15, -0.1) is 0 Å². The highest BCUT2D eigenvalue weighted by molar-refractivity contribution is 5.96. The summed E-state index contributed by atoms with van der Waals surface area (Å²) < 4.78 is 0. The van der Waals surface area contributed by atoms with E-state index in [1.54, 1.807) is 0 Å². The molecule has 1 aromatic heterocycles. The van der Waals surface area contributed by atoms with Crippen molar-refractivity contribution < 1.29 is 0 Å². The van der Waals surface area contributed by atoms with Gasteiger partial charge in [0.15, 0.2) is 0 Å². The summed E-state index contributed by atoms with van der Waals surface area (Å²) in [4.78, 5) is 4.22. The number of hydrogen-bond donors (Lipinski definition) is 1.